The Bertz CT molecular complexity index is 1430. The van der Waals surface area contributed by atoms with Gasteiger partial charge in [0.05, 0.1) is 39.0 Å². The Morgan fingerprint density at radius 2 is 2.05 bits per heavy atom. The number of aliphatic hydroxyl groups excluding tert-OH is 1. The van der Waals surface area contributed by atoms with Crippen LogP contribution >= 0.6 is 36.6 Å². The number of carbonyl (C=O) groups is 1. The standard InChI is InChI=1S/C25H27N7O3S.2ClH/c1-31-23(35)5-3-19-24(31)18(15(8-26)10-28-19)6-7-32-12-16(20(33)13-32)9-27-11-17-2-4-21-25(29-17)30-22(34)14-36-21;;/h2-5,10,16,20,27,33H,6-7,9,11-14H2,1H3,(H,29,30,34);2*1H/t16-,20+;;/m0../s1. The third-order valence-corrected chi connectivity index (χ3v) is 7.81. The number of aryl methyl sites for hydroxylation is 1. The Hall–Kier alpha value is -2.72. The van der Waals surface area contributed by atoms with Crippen LogP contribution in [-0.2, 0) is 24.8 Å². The summed E-state index contributed by atoms with van der Waals surface area (Å²) in [6.07, 6.45) is 1.68. The van der Waals surface area contributed by atoms with E-state index in [2.05, 4.69) is 31.6 Å². The van der Waals surface area contributed by atoms with Crippen molar-refractivity contribution in [3.05, 3.63) is 57.6 Å². The number of halogens is 2. The third-order valence-electron chi connectivity index (χ3n) is 6.76. The number of likely N-dealkylation sites (tertiary alicyclic amines) is 1. The molecule has 0 aromatic carbocycles. The average molecular weight is 579 g/mol. The molecule has 5 rings (SSSR count). The predicted octanol–water partition coefficient (Wildman–Crippen LogP) is 1.71. The van der Waals surface area contributed by atoms with Crippen molar-refractivity contribution < 1.29 is 9.90 Å². The zero-order valence-electron chi connectivity index (χ0n) is 20.7. The van der Waals surface area contributed by atoms with Gasteiger partial charge in [0, 0.05) is 58.0 Å². The number of anilines is 1. The number of rotatable bonds is 7. The van der Waals surface area contributed by atoms with E-state index in [0.717, 1.165) is 22.7 Å². The van der Waals surface area contributed by atoms with Gasteiger partial charge in [-0.1, -0.05) is 0 Å². The zero-order chi connectivity index (χ0) is 25.2. The number of aliphatic hydroxyl groups is 1. The first-order valence-electron chi connectivity index (χ1n) is 11.8. The molecule has 1 fully saturated rings. The van der Waals surface area contributed by atoms with Crippen LogP contribution in [0.25, 0.3) is 11.0 Å². The molecule has 38 heavy (non-hydrogen) atoms. The molecule has 202 valence electrons. The number of amides is 1. The van der Waals surface area contributed by atoms with Gasteiger partial charge < -0.3 is 25.2 Å². The summed E-state index contributed by atoms with van der Waals surface area (Å²) >= 11 is 1.49. The minimum absolute atomic E-state index is 0. The quantitative estimate of drug-likeness (QED) is 0.383. The first-order valence-corrected chi connectivity index (χ1v) is 12.8. The van der Waals surface area contributed by atoms with E-state index < -0.39 is 6.10 Å². The molecule has 0 aliphatic carbocycles. The number of nitrogens with zero attached hydrogens (tertiary/aromatic N) is 5. The van der Waals surface area contributed by atoms with Gasteiger partial charge in [0.2, 0.25) is 5.91 Å². The molecule has 1 saturated heterocycles. The van der Waals surface area contributed by atoms with Crippen molar-refractivity contribution in [2.24, 2.45) is 13.0 Å². The first-order chi connectivity index (χ1) is 17.4. The predicted molar refractivity (Wildman–Crippen MR) is 151 cm³/mol. The number of thioether (sulfide) groups is 1. The normalized spacial score (nSPS) is 18.7. The molecule has 3 aromatic rings. The van der Waals surface area contributed by atoms with Gasteiger partial charge in [-0.3, -0.25) is 14.6 Å². The summed E-state index contributed by atoms with van der Waals surface area (Å²) in [6.45, 7) is 3.11. The lowest BCUT2D eigenvalue weighted by atomic mass is 10.0. The van der Waals surface area contributed by atoms with Gasteiger partial charge in [-0.25, -0.2) is 4.98 Å². The topological polar surface area (TPSA) is 136 Å². The summed E-state index contributed by atoms with van der Waals surface area (Å²) in [6, 6.07) is 9.30. The highest BCUT2D eigenvalue weighted by molar-refractivity contribution is 8.00. The number of hydrogen-bond acceptors (Lipinski definition) is 9. The van der Waals surface area contributed by atoms with E-state index in [1.165, 1.54) is 17.8 Å². The number of β-amino-alcohol motifs (C(OH)–C–C–N with tert-alkyl or cyclic N) is 1. The van der Waals surface area contributed by atoms with Gasteiger partial charge in [0.15, 0.2) is 0 Å². The van der Waals surface area contributed by atoms with E-state index in [4.69, 9.17) is 0 Å². The summed E-state index contributed by atoms with van der Waals surface area (Å²) in [7, 11) is 1.70. The lowest BCUT2D eigenvalue weighted by Crippen LogP contribution is -2.30. The molecule has 2 atom stereocenters. The summed E-state index contributed by atoms with van der Waals surface area (Å²) in [5.41, 5.74) is 3.34. The van der Waals surface area contributed by atoms with Crippen LogP contribution in [0.1, 0.15) is 16.8 Å². The van der Waals surface area contributed by atoms with Gasteiger partial charge in [-0.15, -0.1) is 36.6 Å². The van der Waals surface area contributed by atoms with E-state index in [1.54, 1.807) is 23.9 Å². The molecule has 3 aromatic heterocycles. The molecule has 0 unspecified atom stereocenters. The van der Waals surface area contributed by atoms with Crippen LogP contribution in [0, 0.1) is 17.2 Å². The van der Waals surface area contributed by atoms with Crippen molar-refractivity contribution >= 4 is 59.3 Å². The molecular weight excluding hydrogens is 549 g/mol. The molecule has 0 spiro atoms. The Labute approximate surface area is 236 Å². The highest BCUT2D eigenvalue weighted by atomic mass is 35.5. The Kier molecular flexibility index (Phi) is 10.1. The van der Waals surface area contributed by atoms with Crippen LogP contribution in [0.15, 0.2) is 40.2 Å². The van der Waals surface area contributed by atoms with Crippen molar-refractivity contribution in [1.82, 2.24) is 24.8 Å². The van der Waals surface area contributed by atoms with Crippen molar-refractivity contribution in [2.45, 2.75) is 24.0 Å². The number of carbonyl (C=O) groups excluding carboxylic acids is 1. The lowest BCUT2D eigenvalue weighted by Gasteiger charge is -2.18. The van der Waals surface area contributed by atoms with Crippen LogP contribution in [0.5, 0.6) is 0 Å². The van der Waals surface area contributed by atoms with Crippen LogP contribution < -0.4 is 16.2 Å². The smallest absolute Gasteiger partial charge is 0.250 e. The fourth-order valence-corrected chi connectivity index (χ4v) is 5.61. The lowest BCUT2D eigenvalue weighted by molar-refractivity contribution is -0.113. The van der Waals surface area contributed by atoms with Crippen molar-refractivity contribution in [1.29, 1.82) is 5.26 Å². The van der Waals surface area contributed by atoms with Gasteiger partial charge >= 0.3 is 0 Å². The number of pyridine rings is 3. The second-order valence-electron chi connectivity index (χ2n) is 9.18. The molecule has 0 saturated carbocycles. The maximum Gasteiger partial charge on any atom is 0.250 e. The molecule has 1 amide bonds. The molecule has 13 heteroatoms. The summed E-state index contributed by atoms with van der Waals surface area (Å²) in [5, 5.41) is 26.5. The molecule has 0 radical (unpaired) electrons. The maximum atomic E-state index is 12.2. The summed E-state index contributed by atoms with van der Waals surface area (Å²) < 4.78 is 1.54. The largest absolute Gasteiger partial charge is 0.391 e. The number of hydrogen-bond donors (Lipinski definition) is 3. The number of nitrogens with one attached hydrogen (secondary N) is 2. The molecule has 2 aliphatic rings. The minimum atomic E-state index is -0.460. The van der Waals surface area contributed by atoms with Crippen molar-refractivity contribution in [3.63, 3.8) is 0 Å². The molecule has 2 aliphatic heterocycles. The number of nitriles is 1. The van der Waals surface area contributed by atoms with Gasteiger partial charge in [0.25, 0.3) is 5.56 Å². The summed E-state index contributed by atoms with van der Waals surface area (Å²) in [4.78, 5) is 35.8. The molecule has 0 bridgehead atoms. The van der Waals surface area contributed by atoms with Crippen LogP contribution in [0.3, 0.4) is 0 Å². The second kappa shape index (κ2) is 12.9. The van der Waals surface area contributed by atoms with E-state index >= 15 is 0 Å². The maximum absolute atomic E-state index is 12.2. The average Bonchev–Trinajstić information content (AvgIpc) is 3.23. The van der Waals surface area contributed by atoms with Gasteiger partial charge in [-0.05, 0) is 30.2 Å². The van der Waals surface area contributed by atoms with Gasteiger partial charge in [-0.2, -0.15) is 5.26 Å². The Balaban J connectivity index is 0.00000200. The van der Waals surface area contributed by atoms with E-state index in [0.29, 0.717) is 60.8 Å². The van der Waals surface area contributed by atoms with Crippen molar-refractivity contribution in [3.8, 4) is 6.07 Å². The molecule has 10 nitrogen and oxygen atoms in total. The third kappa shape index (κ3) is 6.29. The number of fused-ring (bicyclic) bond motifs is 2. The second-order valence-corrected chi connectivity index (χ2v) is 10.2. The molecule has 3 N–H and O–H groups in total. The molecular formula is C25H29Cl2N7O3S. The zero-order valence-corrected chi connectivity index (χ0v) is 23.2. The Morgan fingerprint density at radius 3 is 2.84 bits per heavy atom. The van der Waals surface area contributed by atoms with Crippen LogP contribution in [0.4, 0.5) is 5.82 Å². The first kappa shape index (κ1) is 29.8. The highest BCUT2D eigenvalue weighted by Crippen LogP contribution is 2.29. The Morgan fingerprint density at radius 1 is 1.24 bits per heavy atom. The SMILES string of the molecule is Cl.Cl.Cn1c(=O)ccc2ncc(C#N)c(CCN3C[C@H](CNCc4ccc5c(n4)NC(=O)CS5)[C@H](O)C3)c21. The van der Waals surface area contributed by atoms with E-state index in [9.17, 15) is 20.0 Å². The highest BCUT2D eigenvalue weighted by Gasteiger charge is 2.31. The fraction of sp³-hybridized carbons (Fsp3) is 0.400. The van der Waals surface area contributed by atoms with E-state index in [1.807, 2.05) is 12.1 Å². The minimum Gasteiger partial charge on any atom is -0.391 e. The molecule has 5 heterocycles. The monoisotopic (exact) mass is 577 g/mol. The van der Waals surface area contributed by atoms with E-state index in [-0.39, 0.29) is 42.2 Å². The van der Waals surface area contributed by atoms with Gasteiger partial charge in [0.1, 0.15) is 11.9 Å². The fourth-order valence-electron chi connectivity index (χ4n) is 4.86. The number of aromatic nitrogens is 3. The van der Waals surface area contributed by atoms with Crippen LogP contribution in [0.2, 0.25) is 0 Å². The van der Waals surface area contributed by atoms with Crippen LogP contribution in [-0.4, -0.2) is 68.5 Å². The van der Waals surface area contributed by atoms with Crippen molar-refractivity contribution in [2.75, 3.05) is 37.2 Å². The summed E-state index contributed by atoms with van der Waals surface area (Å²) in [5.74, 6) is 1.05.